The predicted molar refractivity (Wildman–Crippen MR) is 68.5 cm³/mol. The molecule has 98 valence electrons. The molecule has 1 heterocycles. The predicted octanol–water partition coefficient (Wildman–Crippen LogP) is 1.70. The Balaban J connectivity index is 1.85. The Morgan fingerprint density at radius 3 is 2.78 bits per heavy atom. The van der Waals surface area contributed by atoms with Crippen molar-refractivity contribution in [2.45, 2.75) is 19.4 Å². The summed E-state index contributed by atoms with van der Waals surface area (Å²) in [6.45, 7) is 5.91. The number of hydrogen-bond donors (Lipinski definition) is 0. The molecular formula is C14H19NO3. The Labute approximate surface area is 107 Å². The number of hydrogen-bond acceptors (Lipinski definition) is 3. The van der Waals surface area contributed by atoms with E-state index in [-0.39, 0.29) is 18.1 Å². The Bertz CT molecular complexity index is 403. The summed E-state index contributed by atoms with van der Waals surface area (Å²) >= 11 is 0. The molecule has 4 heteroatoms. The van der Waals surface area contributed by atoms with Crippen LogP contribution in [0.25, 0.3) is 0 Å². The highest BCUT2D eigenvalue weighted by Gasteiger charge is 2.29. The first-order chi connectivity index (χ1) is 8.57. The molecule has 1 aromatic rings. The minimum absolute atomic E-state index is 0.00947. The van der Waals surface area contributed by atoms with Crippen molar-refractivity contribution in [3.63, 3.8) is 0 Å². The van der Waals surface area contributed by atoms with Crippen LogP contribution in [-0.4, -0.2) is 42.7 Å². The van der Waals surface area contributed by atoms with Crippen LogP contribution in [0.3, 0.4) is 0 Å². The van der Waals surface area contributed by atoms with E-state index in [1.54, 1.807) is 4.90 Å². The van der Waals surface area contributed by atoms with Crippen molar-refractivity contribution in [1.82, 2.24) is 4.90 Å². The van der Waals surface area contributed by atoms with E-state index in [4.69, 9.17) is 9.47 Å². The molecule has 0 unspecified atom stereocenters. The van der Waals surface area contributed by atoms with E-state index in [0.29, 0.717) is 19.7 Å². The van der Waals surface area contributed by atoms with Crippen LogP contribution in [0.4, 0.5) is 0 Å². The number of amides is 1. The van der Waals surface area contributed by atoms with Gasteiger partial charge in [-0.3, -0.25) is 4.79 Å². The Hall–Kier alpha value is -1.55. The van der Waals surface area contributed by atoms with Crippen LogP contribution in [0.1, 0.15) is 13.8 Å². The van der Waals surface area contributed by atoms with Crippen LogP contribution in [0.2, 0.25) is 0 Å². The van der Waals surface area contributed by atoms with Crippen molar-refractivity contribution < 1.29 is 14.3 Å². The van der Waals surface area contributed by atoms with Gasteiger partial charge < -0.3 is 14.4 Å². The third-order valence-electron chi connectivity index (χ3n) is 2.88. The molecule has 4 nitrogen and oxygen atoms in total. The molecule has 1 amide bonds. The van der Waals surface area contributed by atoms with E-state index in [2.05, 4.69) is 0 Å². The minimum Gasteiger partial charge on any atom is -0.484 e. The Morgan fingerprint density at radius 2 is 2.11 bits per heavy atom. The summed E-state index contributed by atoms with van der Waals surface area (Å²) in [5.41, 5.74) is -0.263. The molecule has 0 bridgehead atoms. The Kier molecular flexibility index (Phi) is 3.87. The Morgan fingerprint density at radius 1 is 1.39 bits per heavy atom. The summed E-state index contributed by atoms with van der Waals surface area (Å²) in [4.78, 5) is 13.8. The molecule has 2 rings (SSSR count). The van der Waals surface area contributed by atoms with Crippen molar-refractivity contribution in [1.29, 1.82) is 0 Å². The van der Waals surface area contributed by atoms with Crippen molar-refractivity contribution in [2.75, 3.05) is 26.3 Å². The standard InChI is InChI=1S/C14H19NO3/c1-14(2)11-15(8-9-18-14)13(16)10-17-12-6-4-3-5-7-12/h3-7H,8-11H2,1-2H3. The highest BCUT2D eigenvalue weighted by molar-refractivity contribution is 5.78. The lowest BCUT2D eigenvalue weighted by atomic mass is 10.1. The summed E-state index contributed by atoms with van der Waals surface area (Å²) in [7, 11) is 0. The van der Waals surface area contributed by atoms with Crippen molar-refractivity contribution in [3.05, 3.63) is 30.3 Å². The van der Waals surface area contributed by atoms with Crippen LogP contribution in [-0.2, 0) is 9.53 Å². The van der Waals surface area contributed by atoms with Gasteiger partial charge >= 0.3 is 0 Å². The molecule has 1 fully saturated rings. The normalized spacial score (nSPS) is 18.4. The number of nitrogens with zero attached hydrogens (tertiary/aromatic N) is 1. The summed E-state index contributed by atoms with van der Waals surface area (Å²) in [5, 5.41) is 0. The molecule has 0 aromatic heterocycles. The SMILES string of the molecule is CC1(C)CN(C(=O)COc2ccccc2)CCO1. The van der Waals surface area contributed by atoms with E-state index in [9.17, 15) is 4.79 Å². The summed E-state index contributed by atoms with van der Waals surface area (Å²) in [5.74, 6) is 0.730. The molecule has 1 aromatic carbocycles. The molecule has 0 saturated carbocycles. The van der Waals surface area contributed by atoms with Gasteiger partial charge in [0, 0.05) is 13.1 Å². The van der Waals surface area contributed by atoms with E-state index < -0.39 is 0 Å². The molecule has 0 N–H and O–H groups in total. The zero-order chi connectivity index (χ0) is 13.0. The zero-order valence-electron chi connectivity index (χ0n) is 10.9. The molecule has 1 saturated heterocycles. The van der Waals surface area contributed by atoms with Crippen LogP contribution >= 0.6 is 0 Å². The third-order valence-corrected chi connectivity index (χ3v) is 2.88. The summed E-state index contributed by atoms with van der Waals surface area (Å²) < 4.78 is 11.0. The first-order valence-corrected chi connectivity index (χ1v) is 6.16. The van der Waals surface area contributed by atoms with E-state index in [1.165, 1.54) is 0 Å². The van der Waals surface area contributed by atoms with Crippen LogP contribution < -0.4 is 4.74 Å². The molecule has 0 atom stereocenters. The summed E-state index contributed by atoms with van der Waals surface area (Å²) in [6, 6.07) is 9.38. The van der Waals surface area contributed by atoms with Crippen LogP contribution in [0.5, 0.6) is 5.75 Å². The number of benzene rings is 1. The van der Waals surface area contributed by atoms with Crippen molar-refractivity contribution in [2.24, 2.45) is 0 Å². The lowest BCUT2D eigenvalue weighted by Crippen LogP contribution is -2.51. The lowest BCUT2D eigenvalue weighted by molar-refractivity contribution is -0.147. The number of carbonyl (C=O) groups is 1. The molecule has 0 aliphatic carbocycles. The van der Waals surface area contributed by atoms with Crippen molar-refractivity contribution >= 4 is 5.91 Å². The van der Waals surface area contributed by atoms with Gasteiger partial charge in [-0.25, -0.2) is 0 Å². The number of carbonyl (C=O) groups excluding carboxylic acids is 1. The minimum atomic E-state index is -0.263. The maximum absolute atomic E-state index is 12.0. The smallest absolute Gasteiger partial charge is 0.260 e. The molecule has 1 aliphatic rings. The highest BCUT2D eigenvalue weighted by Crippen LogP contribution is 2.16. The fraction of sp³-hybridized carbons (Fsp3) is 0.500. The number of para-hydroxylation sites is 1. The van der Waals surface area contributed by atoms with Gasteiger partial charge in [0.25, 0.3) is 5.91 Å². The van der Waals surface area contributed by atoms with Gasteiger partial charge in [0.15, 0.2) is 6.61 Å². The van der Waals surface area contributed by atoms with Crippen LogP contribution in [0, 0.1) is 0 Å². The molecule has 1 aliphatic heterocycles. The number of morpholine rings is 1. The molecule has 0 spiro atoms. The highest BCUT2D eigenvalue weighted by atomic mass is 16.5. The van der Waals surface area contributed by atoms with E-state index in [0.717, 1.165) is 5.75 Å². The van der Waals surface area contributed by atoms with Gasteiger partial charge in [-0.1, -0.05) is 18.2 Å². The fourth-order valence-corrected chi connectivity index (χ4v) is 1.98. The molecule has 18 heavy (non-hydrogen) atoms. The average molecular weight is 249 g/mol. The van der Waals surface area contributed by atoms with Crippen LogP contribution in [0.15, 0.2) is 30.3 Å². The van der Waals surface area contributed by atoms with Gasteiger partial charge in [0.1, 0.15) is 5.75 Å². The van der Waals surface area contributed by atoms with Gasteiger partial charge in [0.2, 0.25) is 0 Å². The largest absolute Gasteiger partial charge is 0.484 e. The third kappa shape index (κ3) is 3.47. The average Bonchev–Trinajstić information content (AvgIpc) is 2.36. The first kappa shape index (κ1) is 12.9. The first-order valence-electron chi connectivity index (χ1n) is 6.16. The second kappa shape index (κ2) is 5.40. The molecular weight excluding hydrogens is 230 g/mol. The zero-order valence-corrected chi connectivity index (χ0v) is 10.9. The van der Waals surface area contributed by atoms with Gasteiger partial charge in [-0.05, 0) is 26.0 Å². The van der Waals surface area contributed by atoms with Gasteiger partial charge in [-0.2, -0.15) is 0 Å². The number of rotatable bonds is 3. The van der Waals surface area contributed by atoms with E-state index >= 15 is 0 Å². The van der Waals surface area contributed by atoms with Gasteiger partial charge in [0.05, 0.1) is 12.2 Å². The molecule has 0 radical (unpaired) electrons. The lowest BCUT2D eigenvalue weighted by Gasteiger charge is -2.38. The second-order valence-corrected chi connectivity index (χ2v) is 5.03. The topological polar surface area (TPSA) is 38.8 Å². The maximum atomic E-state index is 12.0. The van der Waals surface area contributed by atoms with Crippen molar-refractivity contribution in [3.8, 4) is 5.75 Å². The maximum Gasteiger partial charge on any atom is 0.260 e. The monoisotopic (exact) mass is 249 g/mol. The number of ether oxygens (including phenoxy) is 2. The quantitative estimate of drug-likeness (QED) is 0.818. The summed E-state index contributed by atoms with van der Waals surface area (Å²) in [6.07, 6.45) is 0. The van der Waals surface area contributed by atoms with E-state index in [1.807, 2.05) is 44.2 Å². The fourth-order valence-electron chi connectivity index (χ4n) is 1.98. The van der Waals surface area contributed by atoms with Gasteiger partial charge in [-0.15, -0.1) is 0 Å². The second-order valence-electron chi connectivity index (χ2n) is 5.03.